The molecule has 0 aliphatic rings. The van der Waals surface area contributed by atoms with Gasteiger partial charge in [0.05, 0.1) is 17.3 Å². The van der Waals surface area contributed by atoms with Crippen molar-refractivity contribution in [3.8, 4) is 0 Å². The van der Waals surface area contributed by atoms with Crippen LogP contribution in [0.1, 0.15) is 18.2 Å². The first-order valence-electron chi connectivity index (χ1n) is 6.26. The minimum Gasteiger partial charge on any atom is -0.390 e. The van der Waals surface area contributed by atoms with Crippen LogP contribution in [-0.4, -0.2) is 16.6 Å². The van der Waals surface area contributed by atoms with E-state index in [9.17, 15) is 5.11 Å². The maximum atomic E-state index is 9.24. The van der Waals surface area contributed by atoms with Gasteiger partial charge in [-0.25, -0.2) is 4.98 Å². The largest absolute Gasteiger partial charge is 0.390 e. The fourth-order valence-electron chi connectivity index (χ4n) is 1.94. The Kier molecular flexibility index (Phi) is 4.40. The molecule has 1 N–H and O–H groups in total. The van der Waals surface area contributed by atoms with Crippen molar-refractivity contribution in [3.05, 3.63) is 52.7 Å². The molecule has 3 nitrogen and oxygen atoms in total. The van der Waals surface area contributed by atoms with Crippen LogP contribution in [0.4, 0.5) is 11.5 Å². The van der Waals surface area contributed by atoms with E-state index in [1.807, 2.05) is 6.07 Å². The second-order valence-electron chi connectivity index (χ2n) is 4.34. The van der Waals surface area contributed by atoms with Crippen LogP contribution in [-0.2, 0) is 6.61 Å². The van der Waals surface area contributed by atoms with E-state index in [0.29, 0.717) is 10.7 Å². The van der Waals surface area contributed by atoms with Gasteiger partial charge in [-0.3, -0.25) is 0 Å². The van der Waals surface area contributed by atoms with Gasteiger partial charge in [-0.05, 0) is 38.1 Å². The molecule has 0 atom stereocenters. The zero-order valence-electron chi connectivity index (χ0n) is 11.1. The summed E-state index contributed by atoms with van der Waals surface area (Å²) in [6.07, 6.45) is 0. The number of nitrogens with zero attached hydrogens (tertiary/aromatic N) is 2. The van der Waals surface area contributed by atoms with Gasteiger partial charge in [-0.2, -0.15) is 0 Å². The van der Waals surface area contributed by atoms with Gasteiger partial charge < -0.3 is 10.0 Å². The van der Waals surface area contributed by atoms with Crippen LogP contribution in [0.15, 0.2) is 36.4 Å². The van der Waals surface area contributed by atoms with Crippen molar-refractivity contribution in [2.45, 2.75) is 20.5 Å². The molecule has 1 heterocycles. The number of pyridine rings is 1. The zero-order chi connectivity index (χ0) is 13.8. The van der Waals surface area contributed by atoms with Gasteiger partial charge in [-0.1, -0.05) is 29.3 Å². The van der Waals surface area contributed by atoms with Crippen molar-refractivity contribution in [1.82, 2.24) is 4.98 Å². The number of aromatic nitrogens is 1. The Morgan fingerprint density at radius 1 is 1.16 bits per heavy atom. The van der Waals surface area contributed by atoms with Crippen LogP contribution in [0.3, 0.4) is 0 Å². The number of hydrogen-bond donors (Lipinski definition) is 1. The summed E-state index contributed by atoms with van der Waals surface area (Å²) in [5.74, 6) is 0.791. The Hall–Kier alpha value is -1.58. The maximum absolute atomic E-state index is 9.24. The summed E-state index contributed by atoms with van der Waals surface area (Å²) < 4.78 is 0. The first-order valence-corrected chi connectivity index (χ1v) is 6.64. The monoisotopic (exact) mass is 276 g/mol. The summed E-state index contributed by atoms with van der Waals surface area (Å²) in [7, 11) is 0. The van der Waals surface area contributed by atoms with Crippen molar-refractivity contribution in [2.24, 2.45) is 0 Å². The Morgan fingerprint density at radius 2 is 1.84 bits per heavy atom. The molecular formula is C15H17ClN2O. The smallest absolute Gasteiger partial charge is 0.133 e. The predicted octanol–water partition coefficient (Wildman–Crippen LogP) is 3.69. The topological polar surface area (TPSA) is 36.4 Å². The first-order chi connectivity index (χ1) is 9.15. The average Bonchev–Trinajstić information content (AvgIpc) is 2.43. The Bertz CT molecular complexity index is 555. The third-order valence-corrected chi connectivity index (χ3v) is 3.34. The third-order valence-electron chi connectivity index (χ3n) is 2.99. The van der Waals surface area contributed by atoms with E-state index in [4.69, 9.17) is 11.6 Å². The molecule has 100 valence electrons. The molecular weight excluding hydrogens is 260 g/mol. The minimum absolute atomic E-state index is 0.155. The summed E-state index contributed by atoms with van der Waals surface area (Å²) in [5, 5.41) is 9.73. The van der Waals surface area contributed by atoms with Crippen molar-refractivity contribution in [2.75, 3.05) is 11.4 Å². The lowest BCUT2D eigenvalue weighted by molar-refractivity contribution is 0.277. The fourth-order valence-corrected chi connectivity index (χ4v) is 2.10. The summed E-state index contributed by atoms with van der Waals surface area (Å²) in [6, 6.07) is 11.9. The third kappa shape index (κ3) is 3.06. The van der Waals surface area contributed by atoms with Crippen LogP contribution in [0.5, 0.6) is 0 Å². The van der Waals surface area contributed by atoms with E-state index in [2.05, 4.69) is 48.0 Å². The van der Waals surface area contributed by atoms with E-state index >= 15 is 0 Å². The minimum atomic E-state index is -0.155. The summed E-state index contributed by atoms with van der Waals surface area (Å²) >= 11 is 5.97. The molecule has 0 fully saturated rings. The van der Waals surface area contributed by atoms with Crippen LogP contribution >= 0.6 is 11.6 Å². The van der Waals surface area contributed by atoms with Gasteiger partial charge in [0.2, 0.25) is 0 Å². The second-order valence-corrected chi connectivity index (χ2v) is 4.74. The average molecular weight is 277 g/mol. The van der Waals surface area contributed by atoms with Gasteiger partial charge >= 0.3 is 0 Å². The molecule has 0 spiro atoms. The molecule has 1 aromatic heterocycles. The molecule has 0 saturated heterocycles. The van der Waals surface area contributed by atoms with Crippen molar-refractivity contribution in [3.63, 3.8) is 0 Å². The fraction of sp³-hybridized carbons (Fsp3) is 0.267. The number of aryl methyl sites for hydroxylation is 1. The molecule has 19 heavy (non-hydrogen) atoms. The van der Waals surface area contributed by atoms with Gasteiger partial charge in [0.1, 0.15) is 5.82 Å². The number of rotatable bonds is 4. The highest BCUT2D eigenvalue weighted by Crippen LogP contribution is 2.26. The predicted molar refractivity (Wildman–Crippen MR) is 79.0 cm³/mol. The summed E-state index contributed by atoms with van der Waals surface area (Å²) in [6.45, 7) is 4.76. The molecule has 0 radical (unpaired) electrons. The van der Waals surface area contributed by atoms with Gasteiger partial charge in [0.25, 0.3) is 0 Å². The van der Waals surface area contributed by atoms with E-state index in [0.717, 1.165) is 18.1 Å². The lowest BCUT2D eigenvalue weighted by atomic mass is 10.2. The number of hydrogen-bond acceptors (Lipinski definition) is 3. The standard InChI is InChI=1S/C15H17ClN2O/c1-3-18(12-6-4-11(2)5-7-12)15-9-8-13(16)14(10-19)17-15/h4-9,19H,3,10H2,1-2H3. The lowest BCUT2D eigenvalue weighted by Crippen LogP contribution is -2.17. The Balaban J connectivity index is 2.39. The van der Waals surface area contributed by atoms with Gasteiger partial charge in [0, 0.05) is 12.2 Å². The number of aliphatic hydroxyl groups is 1. The summed E-state index contributed by atoms with van der Waals surface area (Å²) in [4.78, 5) is 6.48. The number of halogens is 1. The molecule has 2 aromatic rings. The number of benzene rings is 1. The Morgan fingerprint density at radius 3 is 2.42 bits per heavy atom. The highest BCUT2D eigenvalue weighted by atomic mass is 35.5. The Labute approximate surface area is 118 Å². The SMILES string of the molecule is CCN(c1ccc(C)cc1)c1ccc(Cl)c(CO)n1. The highest BCUT2D eigenvalue weighted by molar-refractivity contribution is 6.31. The molecule has 1 aromatic carbocycles. The lowest BCUT2D eigenvalue weighted by Gasteiger charge is -2.23. The van der Waals surface area contributed by atoms with Crippen LogP contribution < -0.4 is 4.90 Å². The molecule has 0 saturated carbocycles. The molecule has 4 heteroatoms. The number of aliphatic hydroxyl groups excluding tert-OH is 1. The number of anilines is 2. The normalized spacial score (nSPS) is 10.5. The van der Waals surface area contributed by atoms with E-state index in [1.165, 1.54) is 5.56 Å². The van der Waals surface area contributed by atoms with Gasteiger partial charge in [0.15, 0.2) is 0 Å². The van der Waals surface area contributed by atoms with E-state index in [-0.39, 0.29) is 6.61 Å². The van der Waals surface area contributed by atoms with Crippen LogP contribution in [0.25, 0.3) is 0 Å². The molecule has 0 aliphatic carbocycles. The maximum Gasteiger partial charge on any atom is 0.133 e. The molecule has 0 bridgehead atoms. The summed E-state index contributed by atoms with van der Waals surface area (Å²) in [5.41, 5.74) is 2.80. The molecule has 0 amide bonds. The second kappa shape index (κ2) is 6.04. The molecule has 2 rings (SSSR count). The quantitative estimate of drug-likeness (QED) is 0.925. The zero-order valence-corrected chi connectivity index (χ0v) is 11.9. The van der Waals surface area contributed by atoms with Crippen molar-refractivity contribution >= 4 is 23.1 Å². The molecule has 0 unspecified atom stereocenters. The first kappa shape index (κ1) is 13.8. The van der Waals surface area contributed by atoms with Crippen molar-refractivity contribution < 1.29 is 5.11 Å². The van der Waals surface area contributed by atoms with Crippen LogP contribution in [0.2, 0.25) is 5.02 Å². The van der Waals surface area contributed by atoms with E-state index in [1.54, 1.807) is 6.07 Å². The highest BCUT2D eigenvalue weighted by Gasteiger charge is 2.10. The van der Waals surface area contributed by atoms with Gasteiger partial charge in [-0.15, -0.1) is 0 Å². The van der Waals surface area contributed by atoms with Crippen molar-refractivity contribution in [1.29, 1.82) is 0 Å². The van der Waals surface area contributed by atoms with Crippen LogP contribution in [0, 0.1) is 6.92 Å². The van der Waals surface area contributed by atoms with E-state index < -0.39 is 0 Å². The molecule has 0 aliphatic heterocycles.